The van der Waals surface area contributed by atoms with Crippen molar-refractivity contribution in [2.75, 3.05) is 0 Å². The quantitative estimate of drug-likeness (QED) is 0.675. The summed E-state index contributed by atoms with van der Waals surface area (Å²) in [5.41, 5.74) is 2.62. The number of rotatable bonds is 3. The van der Waals surface area contributed by atoms with Gasteiger partial charge in [0.1, 0.15) is 12.1 Å². The molecule has 0 saturated carbocycles. The van der Waals surface area contributed by atoms with Crippen molar-refractivity contribution >= 4 is 16.8 Å². The number of carbonyl (C=O) groups excluding carboxylic acids is 1. The number of Topliss-reactive ketones (excluding diaryl/α,β-unsaturated/α-hetero) is 1. The first-order valence-electron chi connectivity index (χ1n) is 6.16. The van der Waals surface area contributed by atoms with Crippen LogP contribution < -0.4 is 0 Å². The molecule has 4 heteroatoms. The fraction of sp³-hybridized carbons (Fsp3) is 0.200. The first-order chi connectivity index (χ1) is 9.13. The molecule has 19 heavy (non-hydrogen) atoms. The molecule has 2 heterocycles. The van der Waals surface area contributed by atoms with Crippen LogP contribution in [-0.4, -0.2) is 15.6 Å². The molecule has 3 aromatic rings. The second-order valence-electron chi connectivity index (χ2n) is 4.66. The van der Waals surface area contributed by atoms with Gasteiger partial charge in [0.2, 0.25) is 5.78 Å². The van der Waals surface area contributed by atoms with Crippen molar-refractivity contribution in [2.24, 2.45) is 0 Å². The largest absolute Gasteiger partial charge is 0.453 e. The van der Waals surface area contributed by atoms with E-state index >= 15 is 0 Å². The van der Waals surface area contributed by atoms with Gasteiger partial charge in [-0.1, -0.05) is 18.2 Å². The summed E-state index contributed by atoms with van der Waals surface area (Å²) >= 11 is 0. The Balaban J connectivity index is 1.89. The third-order valence-electron chi connectivity index (χ3n) is 3.10. The topological polar surface area (TPSA) is 48.0 Å². The van der Waals surface area contributed by atoms with Crippen LogP contribution in [0.25, 0.3) is 11.0 Å². The molecule has 0 spiro atoms. The van der Waals surface area contributed by atoms with Crippen LogP contribution in [-0.2, 0) is 6.54 Å². The molecule has 2 aromatic heterocycles. The lowest BCUT2D eigenvalue weighted by Gasteiger charge is -2.01. The van der Waals surface area contributed by atoms with Crippen LogP contribution >= 0.6 is 0 Å². The molecular weight excluding hydrogens is 240 g/mol. The van der Waals surface area contributed by atoms with Crippen molar-refractivity contribution in [1.29, 1.82) is 0 Å². The summed E-state index contributed by atoms with van der Waals surface area (Å²) < 4.78 is 7.26. The van der Waals surface area contributed by atoms with E-state index in [0.717, 1.165) is 22.4 Å². The molecule has 0 atom stereocenters. The Kier molecular flexibility index (Phi) is 2.71. The van der Waals surface area contributed by atoms with E-state index in [2.05, 4.69) is 5.10 Å². The molecule has 3 rings (SSSR count). The fourth-order valence-corrected chi connectivity index (χ4v) is 2.17. The number of benzene rings is 1. The predicted molar refractivity (Wildman–Crippen MR) is 72.2 cm³/mol. The van der Waals surface area contributed by atoms with Crippen LogP contribution in [0, 0.1) is 13.8 Å². The maximum atomic E-state index is 12.2. The summed E-state index contributed by atoms with van der Waals surface area (Å²) in [6.07, 6.45) is 0. The molecule has 0 fully saturated rings. The minimum absolute atomic E-state index is 0.0672. The number of aromatic nitrogens is 2. The Morgan fingerprint density at radius 1 is 1.26 bits per heavy atom. The van der Waals surface area contributed by atoms with E-state index in [1.54, 1.807) is 10.7 Å². The average molecular weight is 254 g/mol. The highest BCUT2D eigenvalue weighted by atomic mass is 16.3. The highest BCUT2D eigenvalue weighted by molar-refractivity contribution is 5.97. The summed E-state index contributed by atoms with van der Waals surface area (Å²) in [6.45, 7) is 4.06. The van der Waals surface area contributed by atoms with E-state index in [9.17, 15) is 4.79 Å². The number of hydrogen-bond acceptors (Lipinski definition) is 3. The zero-order valence-corrected chi connectivity index (χ0v) is 10.9. The van der Waals surface area contributed by atoms with Crippen molar-refractivity contribution < 1.29 is 9.21 Å². The van der Waals surface area contributed by atoms with Gasteiger partial charge in [0.15, 0.2) is 5.76 Å². The Morgan fingerprint density at radius 2 is 2.05 bits per heavy atom. The standard InChI is InChI=1S/C15H14N2O2/c1-10-7-11(2)17(16-10)9-13(18)15-8-12-5-3-4-6-14(12)19-15/h3-8H,9H2,1-2H3. The highest BCUT2D eigenvalue weighted by Gasteiger charge is 2.14. The normalized spacial score (nSPS) is 11.1. The lowest BCUT2D eigenvalue weighted by atomic mass is 10.2. The van der Waals surface area contributed by atoms with E-state index in [-0.39, 0.29) is 12.3 Å². The molecule has 0 N–H and O–H groups in total. The SMILES string of the molecule is Cc1cc(C)n(CC(=O)c2cc3ccccc3o2)n1. The zero-order valence-electron chi connectivity index (χ0n) is 10.9. The van der Waals surface area contributed by atoms with Gasteiger partial charge in [-0.25, -0.2) is 0 Å². The molecule has 0 aliphatic carbocycles. The molecule has 0 amide bonds. The lowest BCUT2D eigenvalue weighted by molar-refractivity contribution is 0.0941. The Hall–Kier alpha value is -2.36. The van der Waals surface area contributed by atoms with Crippen molar-refractivity contribution in [1.82, 2.24) is 9.78 Å². The van der Waals surface area contributed by atoms with E-state index in [4.69, 9.17) is 4.42 Å². The van der Waals surface area contributed by atoms with Gasteiger partial charge in [-0.15, -0.1) is 0 Å². The van der Waals surface area contributed by atoms with Crippen LogP contribution in [0.1, 0.15) is 21.9 Å². The monoisotopic (exact) mass is 254 g/mol. The molecule has 96 valence electrons. The smallest absolute Gasteiger partial charge is 0.219 e. The maximum Gasteiger partial charge on any atom is 0.219 e. The van der Waals surface area contributed by atoms with Crippen molar-refractivity contribution in [3.63, 3.8) is 0 Å². The van der Waals surface area contributed by atoms with E-state index in [0.29, 0.717) is 5.76 Å². The number of carbonyl (C=O) groups is 1. The summed E-state index contributed by atoms with van der Waals surface area (Å²) in [5, 5.41) is 5.23. The van der Waals surface area contributed by atoms with Crippen molar-refractivity contribution in [3.8, 4) is 0 Å². The predicted octanol–water partition coefficient (Wildman–Crippen LogP) is 3.13. The first kappa shape index (κ1) is 11.7. The molecular formula is C15H14N2O2. The first-order valence-corrected chi connectivity index (χ1v) is 6.16. The third kappa shape index (κ3) is 2.17. The van der Waals surface area contributed by atoms with Gasteiger partial charge in [-0.2, -0.15) is 5.10 Å². The molecule has 1 aromatic carbocycles. The minimum atomic E-state index is -0.0672. The number of ketones is 1. The van der Waals surface area contributed by atoms with Gasteiger partial charge < -0.3 is 4.42 Å². The van der Waals surface area contributed by atoms with Crippen LogP contribution in [0.5, 0.6) is 0 Å². The molecule has 0 aliphatic rings. The van der Waals surface area contributed by atoms with Gasteiger partial charge in [0, 0.05) is 11.1 Å². The Morgan fingerprint density at radius 3 is 2.74 bits per heavy atom. The second-order valence-corrected chi connectivity index (χ2v) is 4.66. The van der Waals surface area contributed by atoms with Gasteiger partial charge in [-0.05, 0) is 32.0 Å². The minimum Gasteiger partial charge on any atom is -0.453 e. The average Bonchev–Trinajstić information content (AvgIpc) is 2.93. The van der Waals surface area contributed by atoms with Crippen LogP contribution in [0.4, 0.5) is 0 Å². The fourth-order valence-electron chi connectivity index (χ4n) is 2.17. The summed E-state index contributed by atoms with van der Waals surface area (Å²) in [5.74, 6) is 0.316. The van der Waals surface area contributed by atoms with Crippen LogP contribution in [0.3, 0.4) is 0 Å². The van der Waals surface area contributed by atoms with E-state index in [1.165, 1.54) is 0 Å². The molecule has 0 unspecified atom stereocenters. The molecule has 0 aliphatic heterocycles. The number of fused-ring (bicyclic) bond motifs is 1. The molecule has 0 bridgehead atoms. The Labute approximate surface area is 110 Å². The number of para-hydroxylation sites is 1. The Bertz CT molecular complexity index is 719. The number of aryl methyl sites for hydroxylation is 2. The van der Waals surface area contributed by atoms with Crippen LogP contribution in [0.2, 0.25) is 0 Å². The van der Waals surface area contributed by atoms with Gasteiger partial charge in [-0.3, -0.25) is 9.48 Å². The maximum absolute atomic E-state index is 12.2. The van der Waals surface area contributed by atoms with Gasteiger partial charge in [0.25, 0.3) is 0 Å². The summed E-state index contributed by atoms with van der Waals surface area (Å²) in [7, 11) is 0. The summed E-state index contributed by atoms with van der Waals surface area (Å²) in [4.78, 5) is 12.2. The van der Waals surface area contributed by atoms with E-state index < -0.39 is 0 Å². The van der Waals surface area contributed by atoms with Crippen LogP contribution in [0.15, 0.2) is 40.8 Å². The highest BCUT2D eigenvalue weighted by Crippen LogP contribution is 2.19. The lowest BCUT2D eigenvalue weighted by Crippen LogP contribution is -2.12. The third-order valence-corrected chi connectivity index (χ3v) is 3.10. The molecule has 4 nitrogen and oxygen atoms in total. The van der Waals surface area contributed by atoms with Gasteiger partial charge in [0.05, 0.1) is 5.69 Å². The van der Waals surface area contributed by atoms with E-state index in [1.807, 2.05) is 44.2 Å². The zero-order chi connectivity index (χ0) is 13.4. The molecule has 0 radical (unpaired) electrons. The second kappa shape index (κ2) is 4.39. The molecule has 0 saturated heterocycles. The van der Waals surface area contributed by atoms with Gasteiger partial charge >= 0.3 is 0 Å². The van der Waals surface area contributed by atoms with Crippen molar-refractivity contribution in [2.45, 2.75) is 20.4 Å². The number of furan rings is 1. The summed E-state index contributed by atoms with van der Waals surface area (Å²) in [6, 6.07) is 11.3. The van der Waals surface area contributed by atoms with Crippen molar-refractivity contribution in [3.05, 3.63) is 53.5 Å². The number of nitrogens with zero attached hydrogens (tertiary/aromatic N) is 2. The number of hydrogen-bond donors (Lipinski definition) is 0.